The van der Waals surface area contributed by atoms with Gasteiger partial charge in [0.25, 0.3) is 11.6 Å². The molecule has 0 spiro atoms. The second-order valence-corrected chi connectivity index (χ2v) is 6.79. The summed E-state index contributed by atoms with van der Waals surface area (Å²) < 4.78 is 23.6. The van der Waals surface area contributed by atoms with Crippen molar-refractivity contribution >= 4 is 34.9 Å². The van der Waals surface area contributed by atoms with E-state index in [0.717, 1.165) is 24.3 Å². The molecule has 2 aromatic carbocycles. The van der Waals surface area contributed by atoms with Gasteiger partial charge in [-0.2, -0.15) is 4.68 Å². The van der Waals surface area contributed by atoms with Gasteiger partial charge in [0.2, 0.25) is 5.89 Å². The molecule has 1 atom stereocenters. The molecule has 0 aliphatic heterocycles. The van der Waals surface area contributed by atoms with Crippen LogP contribution in [-0.2, 0) is 20.9 Å². The van der Waals surface area contributed by atoms with Crippen molar-refractivity contribution in [2.24, 2.45) is 0 Å². The number of carbonyl (C=O) groups excluding carboxylic acids is 2. The van der Waals surface area contributed by atoms with E-state index in [1.807, 2.05) is 0 Å². The summed E-state index contributed by atoms with van der Waals surface area (Å²) in [7, 11) is 0. The van der Waals surface area contributed by atoms with Gasteiger partial charge in [-0.05, 0) is 37.3 Å². The molecule has 0 saturated heterocycles. The molecule has 32 heavy (non-hydrogen) atoms. The van der Waals surface area contributed by atoms with Gasteiger partial charge in [0.15, 0.2) is 6.10 Å². The predicted octanol–water partition coefficient (Wildman–Crippen LogP) is 2.77. The van der Waals surface area contributed by atoms with E-state index in [1.165, 1.54) is 25.1 Å². The van der Waals surface area contributed by atoms with Crippen LogP contribution in [0.2, 0.25) is 5.02 Å². The molecular formula is C19H14ClFN4O7. The van der Waals surface area contributed by atoms with Crippen LogP contribution in [0.1, 0.15) is 6.92 Å². The average Bonchev–Trinajstić information content (AvgIpc) is 3.09. The van der Waals surface area contributed by atoms with Crippen molar-refractivity contribution in [1.82, 2.24) is 9.78 Å². The van der Waals surface area contributed by atoms with E-state index in [0.29, 0.717) is 10.2 Å². The van der Waals surface area contributed by atoms with Crippen molar-refractivity contribution in [2.45, 2.75) is 19.6 Å². The number of nitrogens with one attached hydrogen (secondary N) is 1. The molecule has 0 aliphatic carbocycles. The van der Waals surface area contributed by atoms with E-state index in [1.54, 1.807) is 0 Å². The van der Waals surface area contributed by atoms with Gasteiger partial charge in [0, 0.05) is 17.7 Å². The highest BCUT2D eigenvalue weighted by Crippen LogP contribution is 2.27. The normalized spacial score (nSPS) is 11.6. The lowest BCUT2D eigenvalue weighted by Gasteiger charge is -2.14. The summed E-state index contributed by atoms with van der Waals surface area (Å²) in [5, 5.41) is 17.1. The van der Waals surface area contributed by atoms with Crippen molar-refractivity contribution in [1.29, 1.82) is 0 Å². The Morgan fingerprint density at radius 3 is 2.66 bits per heavy atom. The average molecular weight is 465 g/mol. The Labute approximate surface area is 183 Å². The Balaban J connectivity index is 1.63. The molecule has 1 unspecified atom stereocenters. The fourth-order valence-corrected chi connectivity index (χ4v) is 2.65. The molecule has 0 fully saturated rings. The maximum absolute atomic E-state index is 13.0. The molecular weight excluding hydrogens is 451 g/mol. The minimum absolute atomic E-state index is 0.0366. The summed E-state index contributed by atoms with van der Waals surface area (Å²) in [6.07, 6.45) is -1.32. The Hall–Kier alpha value is -4.06. The first-order chi connectivity index (χ1) is 15.1. The van der Waals surface area contributed by atoms with E-state index in [9.17, 15) is 28.9 Å². The van der Waals surface area contributed by atoms with Crippen LogP contribution in [-0.4, -0.2) is 32.7 Å². The number of non-ortho nitro benzene ring substituents is 1. The highest BCUT2D eigenvalue weighted by Gasteiger charge is 2.22. The fraction of sp³-hybridized carbons (Fsp3) is 0.158. The number of esters is 1. The third kappa shape index (κ3) is 5.35. The highest BCUT2D eigenvalue weighted by molar-refractivity contribution is 6.33. The molecule has 166 valence electrons. The van der Waals surface area contributed by atoms with Gasteiger partial charge in [-0.1, -0.05) is 11.6 Å². The zero-order chi connectivity index (χ0) is 23.4. The molecule has 0 radical (unpaired) electrons. The van der Waals surface area contributed by atoms with Crippen molar-refractivity contribution < 1.29 is 28.1 Å². The monoisotopic (exact) mass is 464 g/mol. The number of anilines is 1. The van der Waals surface area contributed by atoms with Gasteiger partial charge in [0.05, 0.1) is 15.6 Å². The summed E-state index contributed by atoms with van der Waals surface area (Å²) in [5.41, 5.74) is -0.0145. The molecule has 0 aliphatic rings. The predicted molar refractivity (Wildman–Crippen MR) is 108 cm³/mol. The molecule has 1 N–H and O–H groups in total. The van der Waals surface area contributed by atoms with Crippen LogP contribution in [0.3, 0.4) is 0 Å². The van der Waals surface area contributed by atoms with Crippen LogP contribution < -0.4 is 11.1 Å². The van der Waals surface area contributed by atoms with Crippen LogP contribution in [0.25, 0.3) is 11.5 Å². The minimum Gasteiger partial charge on any atom is -0.451 e. The summed E-state index contributed by atoms with van der Waals surface area (Å²) in [4.78, 5) is 46.5. The topological polar surface area (TPSA) is 147 Å². The summed E-state index contributed by atoms with van der Waals surface area (Å²) >= 11 is 5.92. The van der Waals surface area contributed by atoms with Gasteiger partial charge >= 0.3 is 11.7 Å². The van der Waals surface area contributed by atoms with Gasteiger partial charge in [-0.15, -0.1) is 5.10 Å². The van der Waals surface area contributed by atoms with Crippen LogP contribution >= 0.6 is 11.6 Å². The van der Waals surface area contributed by atoms with Gasteiger partial charge in [-0.25, -0.2) is 9.18 Å². The first kappa shape index (κ1) is 22.6. The SMILES string of the molecule is CC(OC(=O)Cn1nc(-c2ccc(F)cc2)oc1=O)C(=O)Nc1cc([N+](=O)[O-])ccc1Cl. The number of halogens is 2. The number of ether oxygens (including phenoxy) is 1. The quantitative estimate of drug-likeness (QED) is 0.319. The van der Waals surface area contributed by atoms with Gasteiger partial charge in [0.1, 0.15) is 12.4 Å². The van der Waals surface area contributed by atoms with Crippen LogP contribution in [0.4, 0.5) is 15.8 Å². The minimum atomic E-state index is -1.32. The smallest absolute Gasteiger partial charge is 0.437 e. The standard InChI is InChI=1S/C19H14ClFN4O7/c1-10(17(27)22-15-8-13(25(29)30)6-7-14(15)20)31-16(26)9-24-19(28)32-18(23-24)11-2-4-12(21)5-3-11/h2-8,10H,9H2,1H3,(H,22,27). The number of hydrogen-bond acceptors (Lipinski definition) is 8. The van der Waals surface area contributed by atoms with E-state index in [-0.39, 0.29) is 22.3 Å². The van der Waals surface area contributed by atoms with Crippen molar-refractivity contribution in [3.63, 3.8) is 0 Å². The first-order valence-corrected chi connectivity index (χ1v) is 9.30. The second kappa shape index (κ2) is 9.39. The molecule has 1 heterocycles. The van der Waals surface area contributed by atoms with Crippen LogP contribution in [0.5, 0.6) is 0 Å². The third-order valence-corrected chi connectivity index (χ3v) is 4.40. The maximum atomic E-state index is 13.0. The second-order valence-electron chi connectivity index (χ2n) is 6.38. The number of rotatable bonds is 7. The largest absolute Gasteiger partial charge is 0.451 e. The molecule has 13 heteroatoms. The zero-order valence-electron chi connectivity index (χ0n) is 16.3. The third-order valence-electron chi connectivity index (χ3n) is 4.07. The number of aromatic nitrogens is 2. The Morgan fingerprint density at radius 2 is 2.00 bits per heavy atom. The van der Waals surface area contributed by atoms with E-state index < -0.39 is 41.0 Å². The number of benzene rings is 2. The van der Waals surface area contributed by atoms with Gasteiger partial charge < -0.3 is 14.5 Å². The first-order valence-electron chi connectivity index (χ1n) is 8.92. The molecule has 1 amide bonds. The zero-order valence-corrected chi connectivity index (χ0v) is 17.0. The summed E-state index contributed by atoms with van der Waals surface area (Å²) in [5.74, 6) is -3.35. The molecule has 11 nitrogen and oxygen atoms in total. The number of hydrogen-bond donors (Lipinski definition) is 1. The summed E-state index contributed by atoms with van der Waals surface area (Å²) in [6.45, 7) is 0.604. The van der Waals surface area contributed by atoms with Crippen LogP contribution in [0, 0.1) is 15.9 Å². The lowest BCUT2D eigenvalue weighted by atomic mass is 10.2. The number of nitro groups is 1. The van der Waals surface area contributed by atoms with Crippen molar-refractivity contribution in [2.75, 3.05) is 5.32 Å². The molecule has 0 saturated carbocycles. The molecule has 3 rings (SSSR count). The number of amides is 1. The molecule has 1 aromatic heterocycles. The van der Waals surface area contributed by atoms with Crippen LogP contribution in [0.15, 0.2) is 51.7 Å². The number of nitrogens with zero attached hydrogens (tertiary/aromatic N) is 3. The lowest BCUT2D eigenvalue weighted by molar-refractivity contribution is -0.384. The lowest BCUT2D eigenvalue weighted by Crippen LogP contribution is -2.32. The van der Waals surface area contributed by atoms with Gasteiger partial charge in [-0.3, -0.25) is 19.7 Å². The molecule has 3 aromatic rings. The van der Waals surface area contributed by atoms with E-state index in [4.69, 9.17) is 20.8 Å². The highest BCUT2D eigenvalue weighted by atomic mass is 35.5. The van der Waals surface area contributed by atoms with E-state index in [2.05, 4.69) is 10.4 Å². The summed E-state index contributed by atoms with van der Waals surface area (Å²) in [6, 6.07) is 8.44. The van der Waals surface area contributed by atoms with Crippen molar-refractivity contribution in [3.8, 4) is 11.5 Å². The number of nitro benzene ring substituents is 1. The Bertz CT molecular complexity index is 1240. The maximum Gasteiger partial charge on any atom is 0.437 e. The number of carbonyl (C=O) groups is 2. The van der Waals surface area contributed by atoms with Crippen molar-refractivity contribution in [3.05, 3.63) is 74.0 Å². The Morgan fingerprint density at radius 1 is 1.31 bits per heavy atom. The molecule has 0 bridgehead atoms. The Kier molecular flexibility index (Phi) is 6.64. The van der Waals surface area contributed by atoms with E-state index >= 15 is 0 Å². The fourth-order valence-electron chi connectivity index (χ4n) is 2.48.